The number of nitrogens with zero attached hydrogens (tertiary/aromatic N) is 6. The summed E-state index contributed by atoms with van der Waals surface area (Å²) in [7, 11) is 0. The van der Waals surface area contributed by atoms with Gasteiger partial charge in [0.15, 0.2) is 0 Å². The van der Waals surface area contributed by atoms with E-state index in [2.05, 4.69) is 32.6 Å². The Morgan fingerprint density at radius 3 is 2.77 bits per heavy atom. The summed E-state index contributed by atoms with van der Waals surface area (Å²) in [5.74, 6) is 0.0444. The first-order valence-electron chi connectivity index (χ1n) is 10.7. The number of morpholine rings is 1. The molecular formula is C21H30N6O3. The van der Waals surface area contributed by atoms with Crippen LogP contribution in [0, 0.1) is 0 Å². The number of aromatic nitrogens is 4. The second-order valence-electron chi connectivity index (χ2n) is 8.09. The lowest BCUT2D eigenvalue weighted by Gasteiger charge is -2.47. The van der Waals surface area contributed by atoms with Gasteiger partial charge in [-0.1, -0.05) is 30.3 Å². The molecule has 3 heterocycles. The molecule has 4 rings (SSSR count). The van der Waals surface area contributed by atoms with E-state index in [1.165, 1.54) is 16.6 Å². The minimum Gasteiger partial charge on any atom is -0.377 e. The van der Waals surface area contributed by atoms with Crippen molar-refractivity contribution >= 4 is 5.91 Å². The smallest absolute Gasteiger partial charge is 0.244 e. The minimum atomic E-state index is -0.213. The van der Waals surface area contributed by atoms with Gasteiger partial charge in [0, 0.05) is 39.3 Å². The maximum absolute atomic E-state index is 12.6. The van der Waals surface area contributed by atoms with Crippen LogP contribution in [0.3, 0.4) is 0 Å². The lowest BCUT2D eigenvalue weighted by Crippen LogP contribution is -2.58. The van der Waals surface area contributed by atoms with Crippen LogP contribution in [-0.2, 0) is 27.4 Å². The largest absolute Gasteiger partial charge is 0.377 e. The molecule has 1 aromatic heterocycles. The first-order valence-corrected chi connectivity index (χ1v) is 10.7. The fourth-order valence-electron chi connectivity index (χ4n) is 4.19. The van der Waals surface area contributed by atoms with Crippen LogP contribution in [0.2, 0.25) is 0 Å². The highest BCUT2D eigenvalue weighted by Crippen LogP contribution is 2.30. The minimum absolute atomic E-state index is 0.0444. The summed E-state index contributed by atoms with van der Waals surface area (Å²) in [5.41, 5.74) is 1.00. The van der Waals surface area contributed by atoms with Gasteiger partial charge in [0.25, 0.3) is 0 Å². The van der Waals surface area contributed by atoms with Gasteiger partial charge < -0.3 is 19.3 Å². The number of hydrogen-bond acceptors (Lipinski definition) is 7. The third-order valence-corrected chi connectivity index (χ3v) is 5.93. The molecule has 0 aliphatic carbocycles. The number of benzene rings is 1. The van der Waals surface area contributed by atoms with Crippen molar-refractivity contribution in [2.45, 2.75) is 38.0 Å². The van der Waals surface area contributed by atoms with E-state index < -0.39 is 0 Å². The van der Waals surface area contributed by atoms with Crippen molar-refractivity contribution in [2.75, 3.05) is 45.9 Å². The van der Waals surface area contributed by atoms with Crippen molar-refractivity contribution in [2.24, 2.45) is 0 Å². The second-order valence-corrected chi connectivity index (χ2v) is 8.09. The Kier molecular flexibility index (Phi) is 7.03. The van der Waals surface area contributed by atoms with Gasteiger partial charge in [-0.2, -0.15) is 0 Å². The zero-order valence-corrected chi connectivity index (χ0v) is 17.4. The Balaban J connectivity index is 1.15. The molecule has 0 atom stereocenters. The van der Waals surface area contributed by atoms with Gasteiger partial charge in [0.2, 0.25) is 5.91 Å². The molecule has 162 valence electrons. The molecule has 0 unspecified atom stereocenters. The number of piperidine rings is 1. The van der Waals surface area contributed by atoms with Crippen molar-refractivity contribution in [1.29, 1.82) is 0 Å². The van der Waals surface area contributed by atoms with Crippen molar-refractivity contribution < 1.29 is 14.3 Å². The molecule has 0 N–H and O–H groups in total. The predicted octanol–water partition coefficient (Wildman–Crippen LogP) is 0.973. The van der Waals surface area contributed by atoms with Crippen LogP contribution < -0.4 is 0 Å². The Morgan fingerprint density at radius 2 is 2.00 bits per heavy atom. The quantitative estimate of drug-likeness (QED) is 0.595. The van der Waals surface area contributed by atoms with Crippen LogP contribution in [0.4, 0.5) is 0 Å². The third-order valence-electron chi connectivity index (χ3n) is 5.93. The Hall–Kier alpha value is -2.36. The molecule has 2 aliphatic rings. The van der Waals surface area contributed by atoms with Gasteiger partial charge >= 0.3 is 0 Å². The first-order chi connectivity index (χ1) is 14.7. The van der Waals surface area contributed by atoms with Gasteiger partial charge in [0.1, 0.15) is 12.9 Å². The summed E-state index contributed by atoms with van der Waals surface area (Å²) < 4.78 is 13.4. The van der Waals surface area contributed by atoms with Crippen molar-refractivity contribution in [3.8, 4) is 0 Å². The molecule has 0 radical (unpaired) electrons. The molecule has 0 saturated carbocycles. The fraction of sp³-hybridized carbons (Fsp3) is 0.619. The number of likely N-dealkylation sites (tertiary alicyclic amines) is 1. The van der Waals surface area contributed by atoms with E-state index in [1.54, 1.807) is 0 Å². The number of amides is 1. The van der Waals surface area contributed by atoms with E-state index in [4.69, 9.17) is 9.47 Å². The molecule has 1 amide bonds. The van der Waals surface area contributed by atoms with Crippen molar-refractivity contribution in [3.05, 3.63) is 42.2 Å². The van der Waals surface area contributed by atoms with Gasteiger partial charge in [-0.15, -0.1) is 5.10 Å². The molecule has 2 aromatic rings. The summed E-state index contributed by atoms with van der Waals surface area (Å²) >= 11 is 0. The van der Waals surface area contributed by atoms with E-state index in [0.717, 1.165) is 45.5 Å². The lowest BCUT2D eigenvalue weighted by atomic mass is 9.89. The van der Waals surface area contributed by atoms with Crippen molar-refractivity contribution in [1.82, 2.24) is 30.0 Å². The van der Waals surface area contributed by atoms with Gasteiger partial charge in [-0.3, -0.25) is 4.79 Å². The summed E-state index contributed by atoms with van der Waals surface area (Å²) in [4.78, 5) is 17.0. The number of tetrazole rings is 1. The maximum Gasteiger partial charge on any atom is 0.244 e. The summed E-state index contributed by atoms with van der Waals surface area (Å²) in [5, 5.41) is 11.0. The zero-order chi connectivity index (χ0) is 20.7. The SMILES string of the molecule is O=C(Cn1cnnn1)N1CCOC2(CCN(CCCOCc3ccccc3)CC2)C1. The Bertz CT molecular complexity index is 777. The highest BCUT2D eigenvalue weighted by atomic mass is 16.5. The fourth-order valence-corrected chi connectivity index (χ4v) is 4.19. The van der Waals surface area contributed by atoms with Crippen LogP contribution >= 0.6 is 0 Å². The molecule has 2 aliphatic heterocycles. The van der Waals surface area contributed by atoms with Crippen LogP contribution in [0.5, 0.6) is 0 Å². The van der Waals surface area contributed by atoms with E-state index >= 15 is 0 Å². The number of carbonyl (C=O) groups excluding carboxylic acids is 1. The molecule has 30 heavy (non-hydrogen) atoms. The molecule has 9 heteroatoms. The molecule has 1 spiro atoms. The first kappa shape index (κ1) is 20.9. The topological polar surface area (TPSA) is 85.6 Å². The average Bonchev–Trinajstić information content (AvgIpc) is 3.29. The number of ether oxygens (including phenoxy) is 2. The molecule has 2 fully saturated rings. The van der Waals surface area contributed by atoms with Crippen LogP contribution in [0.25, 0.3) is 0 Å². The third kappa shape index (κ3) is 5.62. The Morgan fingerprint density at radius 1 is 1.17 bits per heavy atom. The second kappa shape index (κ2) is 10.1. The monoisotopic (exact) mass is 414 g/mol. The van der Waals surface area contributed by atoms with Gasteiger partial charge in [-0.25, -0.2) is 4.68 Å². The Labute approximate surface area is 176 Å². The molecule has 0 bridgehead atoms. The predicted molar refractivity (Wildman–Crippen MR) is 109 cm³/mol. The molecule has 1 aromatic carbocycles. The van der Waals surface area contributed by atoms with Crippen molar-refractivity contribution in [3.63, 3.8) is 0 Å². The zero-order valence-electron chi connectivity index (χ0n) is 17.4. The molecule has 9 nitrogen and oxygen atoms in total. The van der Waals surface area contributed by atoms with Crippen LogP contribution in [0.1, 0.15) is 24.8 Å². The standard InChI is InChI=1S/C21H30N6O3/c28-20(15-27-18-22-23-24-27)26-12-14-30-21(17-26)7-10-25(11-8-21)9-4-13-29-16-19-5-2-1-3-6-19/h1-3,5-6,18H,4,7-17H2. The summed E-state index contributed by atoms with van der Waals surface area (Å²) in [6.07, 6.45) is 4.40. The summed E-state index contributed by atoms with van der Waals surface area (Å²) in [6, 6.07) is 10.3. The number of rotatable bonds is 8. The summed E-state index contributed by atoms with van der Waals surface area (Å²) in [6.45, 7) is 6.52. The average molecular weight is 415 g/mol. The van der Waals surface area contributed by atoms with E-state index in [-0.39, 0.29) is 18.1 Å². The van der Waals surface area contributed by atoms with Gasteiger partial charge in [0.05, 0.1) is 18.8 Å². The molecule has 2 saturated heterocycles. The van der Waals surface area contributed by atoms with Gasteiger partial charge in [-0.05, 0) is 35.3 Å². The van der Waals surface area contributed by atoms with Crippen LogP contribution in [-0.4, -0.2) is 87.5 Å². The number of carbonyl (C=O) groups is 1. The highest BCUT2D eigenvalue weighted by molar-refractivity contribution is 5.76. The van der Waals surface area contributed by atoms with E-state index in [9.17, 15) is 4.79 Å². The van der Waals surface area contributed by atoms with E-state index in [0.29, 0.717) is 26.3 Å². The lowest BCUT2D eigenvalue weighted by molar-refractivity contribution is -0.160. The molecular weight excluding hydrogens is 384 g/mol. The van der Waals surface area contributed by atoms with Crippen LogP contribution in [0.15, 0.2) is 36.7 Å². The maximum atomic E-state index is 12.6. The number of hydrogen-bond donors (Lipinski definition) is 0. The normalized spacial score (nSPS) is 19.3. The highest BCUT2D eigenvalue weighted by Gasteiger charge is 2.40. The van der Waals surface area contributed by atoms with E-state index in [1.807, 2.05) is 23.1 Å².